The summed E-state index contributed by atoms with van der Waals surface area (Å²) in [5, 5.41) is 3.21. The van der Waals surface area contributed by atoms with E-state index in [9.17, 15) is 8.42 Å². The maximum Gasteiger partial charge on any atom is 0.180 e. The summed E-state index contributed by atoms with van der Waals surface area (Å²) in [5.74, 6) is 0.140. The first-order valence-electron chi connectivity index (χ1n) is 6.17. The molecule has 1 aromatic carbocycles. The molecule has 0 saturated heterocycles. The van der Waals surface area contributed by atoms with Gasteiger partial charge in [-0.3, -0.25) is 0 Å². The van der Waals surface area contributed by atoms with Crippen molar-refractivity contribution in [3.8, 4) is 0 Å². The number of hydrogen-bond acceptors (Lipinski definition) is 3. The average molecular weight is 255 g/mol. The highest BCUT2D eigenvalue weighted by Gasteiger charge is 2.15. The minimum absolute atomic E-state index is 0.140. The Morgan fingerprint density at radius 3 is 2.47 bits per heavy atom. The zero-order valence-corrected chi connectivity index (χ0v) is 11.4. The van der Waals surface area contributed by atoms with Gasteiger partial charge in [-0.2, -0.15) is 0 Å². The molecule has 1 aromatic rings. The third kappa shape index (κ3) is 4.04. The first kappa shape index (κ1) is 14.0. The molecule has 1 N–H and O–H groups in total. The van der Waals surface area contributed by atoms with Crippen LogP contribution in [0.1, 0.15) is 33.1 Å². The average Bonchev–Trinajstić information content (AvgIpc) is 2.35. The number of unbranched alkanes of at least 4 members (excludes halogenated alkanes) is 2. The van der Waals surface area contributed by atoms with Crippen LogP contribution in [-0.4, -0.2) is 20.7 Å². The molecule has 0 aliphatic carbocycles. The number of benzene rings is 1. The van der Waals surface area contributed by atoms with Crippen LogP contribution in [0.3, 0.4) is 0 Å². The molecule has 0 spiro atoms. The van der Waals surface area contributed by atoms with Crippen molar-refractivity contribution in [2.24, 2.45) is 0 Å². The molecule has 3 nitrogen and oxygen atoms in total. The number of rotatable bonds is 7. The van der Waals surface area contributed by atoms with Crippen molar-refractivity contribution in [3.05, 3.63) is 24.3 Å². The van der Waals surface area contributed by atoms with E-state index in [-0.39, 0.29) is 5.75 Å². The lowest BCUT2D eigenvalue weighted by Crippen LogP contribution is -2.09. The quantitative estimate of drug-likeness (QED) is 0.762. The lowest BCUT2D eigenvalue weighted by atomic mass is 10.2. The summed E-state index contributed by atoms with van der Waals surface area (Å²) >= 11 is 0. The van der Waals surface area contributed by atoms with Gasteiger partial charge in [0.1, 0.15) is 0 Å². The Morgan fingerprint density at radius 1 is 1.12 bits per heavy atom. The maximum atomic E-state index is 11.9. The summed E-state index contributed by atoms with van der Waals surface area (Å²) in [5.41, 5.74) is 0.727. The van der Waals surface area contributed by atoms with Crippen LogP contribution in [0.15, 0.2) is 29.2 Å². The van der Waals surface area contributed by atoms with Crippen molar-refractivity contribution >= 4 is 15.5 Å². The van der Waals surface area contributed by atoms with E-state index in [1.54, 1.807) is 19.1 Å². The summed E-state index contributed by atoms with van der Waals surface area (Å²) in [6.45, 7) is 4.64. The monoisotopic (exact) mass is 255 g/mol. The summed E-state index contributed by atoms with van der Waals surface area (Å²) in [7, 11) is -3.13. The highest BCUT2D eigenvalue weighted by atomic mass is 32.2. The van der Waals surface area contributed by atoms with Gasteiger partial charge in [0, 0.05) is 6.54 Å². The molecule has 0 aliphatic heterocycles. The fraction of sp³-hybridized carbons (Fsp3) is 0.538. The van der Waals surface area contributed by atoms with E-state index in [0.29, 0.717) is 4.90 Å². The molecule has 0 heterocycles. The molecule has 96 valence electrons. The van der Waals surface area contributed by atoms with Gasteiger partial charge in [-0.05, 0) is 18.6 Å². The number of sulfone groups is 1. The van der Waals surface area contributed by atoms with E-state index in [2.05, 4.69) is 12.2 Å². The second-order valence-electron chi connectivity index (χ2n) is 4.03. The predicted octanol–water partition coefficient (Wildman–Crippen LogP) is 3.08. The van der Waals surface area contributed by atoms with Gasteiger partial charge in [0.25, 0.3) is 0 Å². The third-order valence-electron chi connectivity index (χ3n) is 2.70. The van der Waals surface area contributed by atoms with Crippen molar-refractivity contribution in [1.29, 1.82) is 0 Å². The van der Waals surface area contributed by atoms with Crippen LogP contribution < -0.4 is 5.32 Å². The fourth-order valence-electron chi connectivity index (χ4n) is 1.64. The molecule has 0 aliphatic rings. The van der Waals surface area contributed by atoms with Gasteiger partial charge >= 0.3 is 0 Å². The van der Waals surface area contributed by atoms with Crippen molar-refractivity contribution in [2.45, 2.75) is 38.0 Å². The van der Waals surface area contributed by atoms with Crippen LogP contribution in [0.25, 0.3) is 0 Å². The molecule has 0 saturated carbocycles. The molecule has 4 heteroatoms. The Hall–Kier alpha value is -1.03. The molecular weight excluding hydrogens is 234 g/mol. The standard InChI is InChI=1S/C13H21NO2S/c1-3-5-8-11-14-12-9-6-7-10-13(12)17(15,16)4-2/h6-7,9-10,14H,3-5,8,11H2,1-2H3. The van der Waals surface area contributed by atoms with E-state index in [1.165, 1.54) is 0 Å². The van der Waals surface area contributed by atoms with Gasteiger partial charge in [0.2, 0.25) is 0 Å². The molecule has 0 aromatic heterocycles. The lowest BCUT2D eigenvalue weighted by molar-refractivity contribution is 0.597. The van der Waals surface area contributed by atoms with Crippen molar-refractivity contribution in [2.75, 3.05) is 17.6 Å². The molecule has 17 heavy (non-hydrogen) atoms. The largest absolute Gasteiger partial charge is 0.384 e. The molecule has 0 bridgehead atoms. The van der Waals surface area contributed by atoms with Gasteiger partial charge in [-0.25, -0.2) is 8.42 Å². The summed E-state index contributed by atoms with van der Waals surface area (Å²) < 4.78 is 23.7. The highest BCUT2D eigenvalue weighted by Crippen LogP contribution is 2.21. The summed E-state index contributed by atoms with van der Waals surface area (Å²) in [4.78, 5) is 0.416. The van der Waals surface area contributed by atoms with E-state index in [0.717, 1.165) is 31.5 Å². The molecule has 0 radical (unpaired) electrons. The first-order valence-corrected chi connectivity index (χ1v) is 7.82. The van der Waals surface area contributed by atoms with E-state index < -0.39 is 9.84 Å². The van der Waals surface area contributed by atoms with E-state index >= 15 is 0 Å². The fourth-order valence-corrected chi connectivity index (χ4v) is 2.71. The van der Waals surface area contributed by atoms with Crippen LogP contribution in [0, 0.1) is 0 Å². The minimum atomic E-state index is -3.13. The number of hydrogen-bond donors (Lipinski definition) is 1. The highest BCUT2D eigenvalue weighted by molar-refractivity contribution is 7.91. The predicted molar refractivity (Wildman–Crippen MR) is 72.2 cm³/mol. The Bertz CT molecular complexity index is 440. The smallest absolute Gasteiger partial charge is 0.180 e. The lowest BCUT2D eigenvalue weighted by Gasteiger charge is -2.11. The van der Waals surface area contributed by atoms with Crippen LogP contribution in [0.4, 0.5) is 5.69 Å². The van der Waals surface area contributed by atoms with E-state index in [4.69, 9.17) is 0 Å². The Balaban J connectivity index is 2.79. The van der Waals surface area contributed by atoms with Gasteiger partial charge in [-0.1, -0.05) is 38.8 Å². The summed E-state index contributed by atoms with van der Waals surface area (Å²) in [6.07, 6.45) is 3.39. The van der Waals surface area contributed by atoms with Crippen LogP contribution in [0.2, 0.25) is 0 Å². The third-order valence-corrected chi connectivity index (χ3v) is 4.48. The zero-order chi connectivity index (χ0) is 12.7. The summed E-state index contributed by atoms with van der Waals surface area (Å²) in [6, 6.07) is 7.12. The molecule has 0 amide bonds. The Labute approximate surface area is 104 Å². The molecule has 1 rings (SSSR count). The van der Waals surface area contributed by atoms with Crippen LogP contribution >= 0.6 is 0 Å². The number of anilines is 1. The SMILES string of the molecule is CCCCCNc1ccccc1S(=O)(=O)CC. The molecule has 0 fully saturated rings. The molecule has 0 unspecified atom stereocenters. The second kappa shape index (κ2) is 6.64. The van der Waals surface area contributed by atoms with Gasteiger partial charge < -0.3 is 5.32 Å². The molecule has 0 atom stereocenters. The van der Waals surface area contributed by atoms with Crippen LogP contribution in [-0.2, 0) is 9.84 Å². The normalized spacial score (nSPS) is 11.4. The van der Waals surface area contributed by atoms with Crippen molar-refractivity contribution in [1.82, 2.24) is 0 Å². The topological polar surface area (TPSA) is 46.2 Å². The number of nitrogens with one attached hydrogen (secondary N) is 1. The van der Waals surface area contributed by atoms with Crippen molar-refractivity contribution < 1.29 is 8.42 Å². The van der Waals surface area contributed by atoms with Crippen LogP contribution in [0.5, 0.6) is 0 Å². The van der Waals surface area contributed by atoms with Gasteiger partial charge in [0.15, 0.2) is 9.84 Å². The molecular formula is C13H21NO2S. The zero-order valence-electron chi connectivity index (χ0n) is 10.6. The minimum Gasteiger partial charge on any atom is -0.384 e. The maximum absolute atomic E-state index is 11.9. The van der Waals surface area contributed by atoms with E-state index in [1.807, 2.05) is 12.1 Å². The van der Waals surface area contributed by atoms with Crippen molar-refractivity contribution in [3.63, 3.8) is 0 Å². The first-order chi connectivity index (χ1) is 8.11. The second-order valence-corrected chi connectivity index (χ2v) is 6.28. The Kier molecular flexibility index (Phi) is 5.48. The van der Waals surface area contributed by atoms with Gasteiger partial charge in [-0.15, -0.1) is 0 Å². The van der Waals surface area contributed by atoms with Gasteiger partial charge in [0.05, 0.1) is 16.3 Å². The number of para-hydroxylation sites is 1. The Morgan fingerprint density at radius 2 is 1.82 bits per heavy atom.